The molecule has 0 aromatic carbocycles. The minimum Gasteiger partial charge on any atom is -0.338 e. The van der Waals surface area contributed by atoms with Crippen molar-refractivity contribution in [2.45, 2.75) is 51.1 Å². The first-order valence-corrected chi connectivity index (χ1v) is 8.02. The Labute approximate surface area is 116 Å². The summed E-state index contributed by atoms with van der Waals surface area (Å²) in [7, 11) is 0. The van der Waals surface area contributed by atoms with E-state index >= 15 is 0 Å². The Morgan fingerprint density at radius 1 is 1.11 bits per heavy atom. The van der Waals surface area contributed by atoms with Crippen LogP contribution >= 0.6 is 0 Å². The van der Waals surface area contributed by atoms with E-state index in [-0.39, 0.29) is 6.04 Å². The summed E-state index contributed by atoms with van der Waals surface area (Å²) in [5.41, 5.74) is 0. The zero-order valence-electron chi connectivity index (χ0n) is 12.1. The SMILES string of the molecule is CC1CCCNC1C(=O)N1CCN2CCCCC2C1. The van der Waals surface area contributed by atoms with Crippen molar-refractivity contribution >= 4 is 5.91 Å². The second-order valence-electron chi connectivity index (χ2n) is 6.52. The molecular weight excluding hydrogens is 238 g/mol. The molecule has 0 bridgehead atoms. The summed E-state index contributed by atoms with van der Waals surface area (Å²) < 4.78 is 0. The molecule has 4 heteroatoms. The van der Waals surface area contributed by atoms with E-state index in [0.717, 1.165) is 26.2 Å². The summed E-state index contributed by atoms with van der Waals surface area (Å²) in [5, 5.41) is 3.43. The molecule has 0 radical (unpaired) electrons. The summed E-state index contributed by atoms with van der Waals surface area (Å²) in [6, 6.07) is 0.703. The normalized spacial score (nSPS) is 36.9. The molecule has 3 rings (SSSR count). The van der Waals surface area contributed by atoms with Gasteiger partial charge >= 0.3 is 0 Å². The molecule has 0 saturated carbocycles. The quantitative estimate of drug-likeness (QED) is 0.770. The van der Waals surface area contributed by atoms with Gasteiger partial charge in [-0.2, -0.15) is 0 Å². The van der Waals surface area contributed by atoms with Crippen LogP contribution in [0.25, 0.3) is 0 Å². The topological polar surface area (TPSA) is 35.6 Å². The maximum atomic E-state index is 12.7. The number of hydrogen-bond donors (Lipinski definition) is 1. The lowest BCUT2D eigenvalue weighted by Gasteiger charge is -2.45. The Balaban J connectivity index is 1.60. The van der Waals surface area contributed by atoms with Crippen LogP contribution in [-0.2, 0) is 4.79 Å². The maximum Gasteiger partial charge on any atom is 0.240 e. The number of nitrogens with zero attached hydrogens (tertiary/aromatic N) is 2. The second kappa shape index (κ2) is 5.80. The van der Waals surface area contributed by atoms with Gasteiger partial charge in [0, 0.05) is 25.7 Å². The van der Waals surface area contributed by atoms with E-state index in [1.807, 2.05) is 0 Å². The van der Waals surface area contributed by atoms with Crippen molar-refractivity contribution in [2.24, 2.45) is 5.92 Å². The first kappa shape index (κ1) is 13.4. The summed E-state index contributed by atoms with van der Waals surface area (Å²) in [4.78, 5) is 17.4. The number of piperidine rings is 2. The zero-order valence-corrected chi connectivity index (χ0v) is 12.1. The molecule has 0 aliphatic carbocycles. The molecule has 3 fully saturated rings. The van der Waals surface area contributed by atoms with E-state index in [1.165, 1.54) is 38.6 Å². The minimum atomic E-state index is 0.0730. The average Bonchev–Trinajstić information content (AvgIpc) is 2.46. The van der Waals surface area contributed by atoms with E-state index in [2.05, 4.69) is 22.0 Å². The van der Waals surface area contributed by atoms with Gasteiger partial charge in [-0.3, -0.25) is 9.69 Å². The molecule has 3 unspecified atom stereocenters. The molecular formula is C15H27N3O. The van der Waals surface area contributed by atoms with Gasteiger partial charge < -0.3 is 10.2 Å². The standard InChI is InChI=1S/C15H27N3O/c1-12-5-4-7-16-14(12)15(19)18-10-9-17-8-3-2-6-13(17)11-18/h12-14,16H,2-11H2,1H3. The number of piperazine rings is 1. The van der Waals surface area contributed by atoms with Crippen molar-refractivity contribution < 1.29 is 4.79 Å². The second-order valence-corrected chi connectivity index (χ2v) is 6.52. The lowest BCUT2D eigenvalue weighted by atomic mass is 9.91. The Kier molecular flexibility index (Phi) is 4.08. The number of hydrogen-bond acceptors (Lipinski definition) is 3. The van der Waals surface area contributed by atoms with E-state index in [0.29, 0.717) is 17.9 Å². The predicted molar refractivity (Wildman–Crippen MR) is 76.0 cm³/mol. The molecule has 0 spiro atoms. The van der Waals surface area contributed by atoms with Crippen LogP contribution in [0.1, 0.15) is 39.0 Å². The molecule has 3 heterocycles. The fourth-order valence-electron chi connectivity index (χ4n) is 3.93. The first-order valence-electron chi connectivity index (χ1n) is 8.02. The van der Waals surface area contributed by atoms with Gasteiger partial charge in [0.2, 0.25) is 5.91 Å². The number of rotatable bonds is 1. The van der Waals surface area contributed by atoms with E-state index in [9.17, 15) is 4.79 Å². The molecule has 1 N–H and O–H groups in total. The third-order valence-corrected chi connectivity index (χ3v) is 5.18. The van der Waals surface area contributed by atoms with Gasteiger partial charge in [0.1, 0.15) is 0 Å². The van der Waals surface area contributed by atoms with Crippen molar-refractivity contribution in [1.82, 2.24) is 15.1 Å². The molecule has 19 heavy (non-hydrogen) atoms. The van der Waals surface area contributed by atoms with Crippen molar-refractivity contribution in [3.05, 3.63) is 0 Å². The van der Waals surface area contributed by atoms with Crippen LogP contribution < -0.4 is 5.32 Å². The third-order valence-electron chi connectivity index (χ3n) is 5.18. The van der Waals surface area contributed by atoms with Gasteiger partial charge in [-0.05, 0) is 44.7 Å². The molecule has 108 valence electrons. The number of nitrogens with one attached hydrogen (secondary N) is 1. The lowest BCUT2D eigenvalue weighted by Crippen LogP contribution is -2.60. The van der Waals surface area contributed by atoms with Crippen LogP contribution in [0, 0.1) is 5.92 Å². The Morgan fingerprint density at radius 2 is 2.00 bits per heavy atom. The average molecular weight is 265 g/mol. The number of fused-ring (bicyclic) bond motifs is 1. The fraction of sp³-hybridized carbons (Fsp3) is 0.933. The van der Waals surface area contributed by atoms with E-state index < -0.39 is 0 Å². The van der Waals surface area contributed by atoms with Crippen molar-refractivity contribution in [3.63, 3.8) is 0 Å². The molecule has 1 amide bonds. The van der Waals surface area contributed by atoms with Gasteiger partial charge in [-0.15, -0.1) is 0 Å². The predicted octanol–water partition coefficient (Wildman–Crippen LogP) is 1.07. The van der Waals surface area contributed by atoms with Crippen LogP contribution in [0.3, 0.4) is 0 Å². The van der Waals surface area contributed by atoms with Gasteiger partial charge in [-0.1, -0.05) is 13.3 Å². The number of carbonyl (C=O) groups excluding carboxylic acids is 1. The van der Waals surface area contributed by atoms with Crippen LogP contribution in [0.4, 0.5) is 0 Å². The Morgan fingerprint density at radius 3 is 2.84 bits per heavy atom. The Hall–Kier alpha value is -0.610. The van der Waals surface area contributed by atoms with E-state index in [1.54, 1.807) is 0 Å². The minimum absolute atomic E-state index is 0.0730. The smallest absolute Gasteiger partial charge is 0.240 e. The summed E-state index contributed by atoms with van der Waals surface area (Å²) in [5.74, 6) is 0.850. The van der Waals surface area contributed by atoms with Crippen LogP contribution in [-0.4, -0.2) is 60.5 Å². The lowest BCUT2D eigenvalue weighted by molar-refractivity contribution is -0.138. The summed E-state index contributed by atoms with van der Waals surface area (Å²) in [6.07, 6.45) is 6.35. The molecule has 3 aliphatic rings. The highest BCUT2D eigenvalue weighted by atomic mass is 16.2. The highest BCUT2D eigenvalue weighted by Gasteiger charge is 2.36. The molecule has 0 aromatic heterocycles. The molecule has 3 atom stereocenters. The highest BCUT2D eigenvalue weighted by Crippen LogP contribution is 2.23. The van der Waals surface area contributed by atoms with Gasteiger partial charge in [0.25, 0.3) is 0 Å². The third kappa shape index (κ3) is 2.79. The molecule has 0 aromatic rings. The van der Waals surface area contributed by atoms with Crippen LogP contribution in [0.2, 0.25) is 0 Å². The van der Waals surface area contributed by atoms with Crippen molar-refractivity contribution in [3.8, 4) is 0 Å². The molecule has 3 saturated heterocycles. The largest absolute Gasteiger partial charge is 0.338 e. The number of amides is 1. The first-order chi connectivity index (χ1) is 9.25. The molecule has 3 aliphatic heterocycles. The monoisotopic (exact) mass is 265 g/mol. The maximum absolute atomic E-state index is 12.7. The van der Waals surface area contributed by atoms with E-state index in [4.69, 9.17) is 0 Å². The number of carbonyl (C=O) groups is 1. The van der Waals surface area contributed by atoms with Crippen molar-refractivity contribution in [2.75, 3.05) is 32.7 Å². The fourth-order valence-corrected chi connectivity index (χ4v) is 3.93. The van der Waals surface area contributed by atoms with Crippen molar-refractivity contribution in [1.29, 1.82) is 0 Å². The molecule has 4 nitrogen and oxygen atoms in total. The summed E-state index contributed by atoms with van der Waals surface area (Å²) >= 11 is 0. The van der Waals surface area contributed by atoms with Crippen LogP contribution in [0.15, 0.2) is 0 Å². The summed E-state index contributed by atoms with van der Waals surface area (Å²) in [6.45, 7) is 7.43. The highest BCUT2D eigenvalue weighted by molar-refractivity contribution is 5.82. The van der Waals surface area contributed by atoms with Gasteiger partial charge in [0.05, 0.1) is 6.04 Å². The zero-order chi connectivity index (χ0) is 13.2. The Bertz CT molecular complexity index is 333. The van der Waals surface area contributed by atoms with Crippen LogP contribution in [0.5, 0.6) is 0 Å². The van der Waals surface area contributed by atoms with Gasteiger partial charge in [-0.25, -0.2) is 0 Å². The van der Waals surface area contributed by atoms with Gasteiger partial charge in [0.15, 0.2) is 0 Å².